The van der Waals surface area contributed by atoms with Crippen molar-refractivity contribution in [2.75, 3.05) is 18.0 Å². The summed E-state index contributed by atoms with van der Waals surface area (Å²) < 4.78 is 0.982. The van der Waals surface area contributed by atoms with Crippen molar-refractivity contribution in [1.29, 1.82) is 0 Å². The molecule has 2 atom stereocenters. The van der Waals surface area contributed by atoms with Gasteiger partial charge in [0.1, 0.15) is 5.82 Å². The van der Waals surface area contributed by atoms with Gasteiger partial charge in [0.2, 0.25) is 5.91 Å². The highest BCUT2D eigenvalue weighted by Crippen LogP contribution is 2.30. The van der Waals surface area contributed by atoms with E-state index in [1.54, 1.807) is 0 Å². The maximum Gasteiger partial charge on any atom is 0.225 e. The molecule has 0 spiro atoms. The third-order valence-electron chi connectivity index (χ3n) is 3.61. The number of nitrogens with zero attached hydrogens (tertiary/aromatic N) is 2. The second-order valence-corrected chi connectivity index (χ2v) is 5.50. The number of carbonyl (C=O) groups is 1. The molecule has 17 heavy (non-hydrogen) atoms. The maximum absolute atomic E-state index is 11.7. The summed E-state index contributed by atoms with van der Waals surface area (Å²) in [7, 11) is 0. The molecule has 2 aliphatic heterocycles. The number of piperidine rings is 1. The molecule has 3 rings (SSSR count). The Bertz CT molecular complexity index is 434. The first kappa shape index (κ1) is 11.0. The fraction of sp³-hybridized carbons (Fsp3) is 0.500. The fourth-order valence-electron chi connectivity index (χ4n) is 2.77. The van der Waals surface area contributed by atoms with Crippen LogP contribution in [0, 0.1) is 5.92 Å². The van der Waals surface area contributed by atoms with Crippen LogP contribution in [0.4, 0.5) is 5.82 Å². The van der Waals surface area contributed by atoms with E-state index in [0.29, 0.717) is 0 Å². The number of rotatable bonds is 1. The van der Waals surface area contributed by atoms with Crippen molar-refractivity contribution in [3.05, 3.63) is 22.8 Å². The smallest absolute Gasteiger partial charge is 0.225 e. The van der Waals surface area contributed by atoms with Gasteiger partial charge in [-0.2, -0.15) is 0 Å². The van der Waals surface area contributed by atoms with Gasteiger partial charge in [0.25, 0.3) is 0 Å². The van der Waals surface area contributed by atoms with Gasteiger partial charge in [-0.1, -0.05) is 0 Å². The lowest BCUT2D eigenvalue weighted by Crippen LogP contribution is -2.46. The first-order valence-electron chi connectivity index (χ1n) is 5.91. The van der Waals surface area contributed by atoms with Gasteiger partial charge in [-0.05, 0) is 40.9 Å². The molecule has 2 fully saturated rings. The Hall–Kier alpha value is -1.10. The van der Waals surface area contributed by atoms with Crippen LogP contribution in [0.3, 0.4) is 0 Å². The Kier molecular flexibility index (Phi) is 2.78. The molecule has 0 radical (unpaired) electrons. The highest BCUT2D eigenvalue weighted by atomic mass is 79.9. The molecule has 1 amide bonds. The third kappa shape index (κ3) is 1.92. The Balaban J connectivity index is 1.87. The number of hydrogen-bond acceptors (Lipinski definition) is 3. The second kappa shape index (κ2) is 4.29. The van der Waals surface area contributed by atoms with Gasteiger partial charge >= 0.3 is 0 Å². The molecule has 4 nitrogen and oxygen atoms in total. The van der Waals surface area contributed by atoms with Crippen molar-refractivity contribution >= 4 is 27.7 Å². The Morgan fingerprint density at radius 2 is 2.35 bits per heavy atom. The Morgan fingerprint density at radius 1 is 1.47 bits per heavy atom. The van der Waals surface area contributed by atoms with Crippen molar-refractivity contribution in [3.8, 4) is 0 Å². The number of hydrogen-bond donors (Lipinski definition) is 1. The summed E-state index contributed by atoms with van der Waals surface area (Å²) in [5.74, 6) is 1.32. The molecule has 1 aromatic heterocycles. The van der Waals surface area contributed by atoms with E-state index in [2.05, 4.69) is 31.1 Å². The van der Waals surface area contributed by atoms with Crippen LogP contribution < -0.4 is 10.2 Å². The van der Waals surface area contributed by atoms with E-state index < -0.39 is 0 Å². The number of halogens is 1. The number of carbonyl (C=O) groups excluding carboxylic acids is 1. The minimum Gasteiger partial charge on any atom is -0.354 e. The largest absolute Gasteiger partial charge is 0.354 e. The van der Waals surface area contributed by atoms with Crippen LogP contribution in [0.25, 0.3) is 0 Å². The average molecular weight is 296 g/mol. The van der Waals surface area contributed by atoms with Crippen LogP contribution in [0.2, 0.25) is 0 Å². The van der Waals surface area contributed by atoms with Gasteiger partial charge in [0, 0.05) is 23.8 Å². The highest BCUT2D eigenvalue weighted by Gasteiger charge is 2.41. The lowest BCUT2D eigenvalue weighted by molar-refractivity contribution is -0.122. The molecule has 2 saturated heterocycles. The summed E-state index contributed by atoms with van der Waals surface area (Å²) in [6.45, 7) is 1.74. The summed E-state index contributed by atoms with van der Waals surface area (Å²) in [5.41, 5.74) is 0. The first-order chi connectivity index (χ1) is 8.25. The number of fused-ring (bicyclic) bond motifs is 1. The number of aromatic nitrogens is 1. The second-order valence-electron chi connectivity index (χ2n) is 4.59. The summed E-state index contributed by atoms with van der Waals surface area (Å²) in [5, 5.41) is 2.96. The molecule has 2 unspecified atom stereocenters. The molecular formula is C12H14BrN3O. The molecule has 1 aromatic rings. The van der Waals surface area contributed by atoms with E-state index in [1.165, 1.54) is 0 Å². The van der Waals surface area contributed by atoms with Crippen molar-refractivity contribution in [1.82, 2.24) is 10.3 Å². The van der Waals surface area contributed by atoms with E-state index >= 15 is 0 Å². The lowest BCUT2D eigenvalue weighted by Gasteiger charge is -2.36. The number of pyridine rings is 1. The Labute approximate surface area is 109 Å². The van der Waals surface area contributed by atoms with E-state index in [-0.39, 0.29) is 17.9 Å². The average Bonchev–Trinajstić information content (AvgIpc) is 2.73. The SMILES string of the molecule is O=C1NCC2C1CCCN2c1ccc(Br)cn1. The van der Waals surface area contributed by atoms with Crippen molar-refractivity contribution in [3.63, 3.8) is 0 Å². The molecule has 3 heterocycles. The summed E-state index contributed by atoms with van der Waals surface area (Å²) in [4.78, 5) is 18.4. The zero-order valence-corrected chi connectivity index (χ0v) is 11.0. The molecule has 1 N–H and O–H groups in total. The summed E-state index contributed by atoms with van der Waals surface area (Å²) in [6, 6.07) is 4.29. The zero-order valence-electron chi connectivity index (χ0n) is 9.40. The molecule has 90 valence electrons. The predicted octanol–water partition coefficient (Wildman–Crippen LogP) is 1.56. The predicted molar refractivity (Wildman–Crippen MR) is 68.8 cm³/mol. The van der Waals surface area contributed by atoms with Crippen LogP contribution in [0.5, 0.6) is 0 Å². The van der Waals surface area contributed by atoms with Gasteiger partial charge in [-0.15, -0.1) is 0 Å². The molecular weight excluding hydrogens is 282 g/mol. The highest BCUT2D eigenvalue weighted by molar-refractivity contribution is 9.10. The van der Waals surface area contributed by atoms with E-state index in [0.717, 1.165) is 36.2 Å². The van der Waals surface area contributed by atoms with Gasteiger partial charge in [0.05, 0.1) is 12.0 Å². The van der Waals surface area contributed by atoms with Crippen molar-refractivity contribution in [2.45, 2.75) is 18.9 Å². The van der Waals surface area contributed by atoms with Crippen LogP contribution in [-0.2, 0) is 4.79 Å². The Morgan fingerprint density at radius 3 is 3.12 bits per heavy atom. The van der Waals surface area contributed by atoms with Gasteiger partial charge < -0.3 is 10.2 Å². The van der Waals surface area contributed by atoms with Crippen LogP contribution >= 0.6 is 15.9 Å². The number of amides is 1. The molecule has 0 aliphatic carbocycles. The zero-order chi connectivity index (χ0) is 11.8. The number of nitrogens with one attached hydrogen (secondary N) is 1. The van der Waals surface area contributed by atoms with Crippen LogP contribution in [-0.4, -0.2) is 30.0 Å². The lowest BCUT2D eigenvalue weighted by atomic mass is 9.91. The quantitative estimate of drug-likeness (QED) is 0.855. The molecule has 2 aliphatic rings. The third-order valence-corrected chi connectivity index (χ3v) is 4.08. The van der Waals surface area contributed by atoms with Crippen molar-refractivity contribution < 1.29 is 4.79 Å². The minimum atomic E-state index is 0.147. The van der Waals surface area contributed by atoms with Crippen molar-refractivity contribution in [2.24, 2.45) is 5.92 Å². The molecule has 0 saturated carbocycles. The van der Waals surface area contributed by atoms with Crippen LogP contribution in [0.15, 0.2) is 22.8 Å². The molecule has 0 bridgehead atoms. The molecule has 0 aromatic carbocycles. The van der Waals surface area contributed by atoms with E-state index in [9.17, 15) is 4.79 Å². The minimum absolute atomic E-state index is 0.147. The van der Waals surface area contributed by atoms with Crippen LogP contribution in [0.1, 0.15) is 12.8 Å². The van der Waals surface area contributed by atoms with E-state index in [4.69, 9.17) is 0 Å². The molecule has 5 heteroatoms. The van der Waals surface area contributed by atoms with Gasteiger partial charge in [-0.25, -0.2) is 4.98 Å². The number of anilines is 1. The first-order valence-corrected chi connectivity index (χ1v) is 6.71. The van der Waals surface area contributed by atoms with E-state index in [1.807, 2.05) is 18.3 Å². The standard InChI is InChI=1S/C12H14BrN3O/c13-8-3-4-11(14-6-8)16-5-1-2-9-10(16)7-15-12(9)17/h3-4,6,9-10H,1-2,5,7H2,(H,15,17). The summed E-state index contributed by atoms with van der Waals surface area (Å²) >= 11 is 3.39. The summed E-state index contributed by atoms with van der Waals surface area (Å²) in [6.07, 6.45) is 3.87. The van der Waals surface area contributed by atoms with Gasteiger partial charge in [-0.3, -0.25) is 4.79 Å². The topological polar surface area (TPSA) is 45.2 Å². The fourth-order valence-corrected chi connectivity index (χ4v) is 3.01. The monoisotopic (exact) mass is 295 g/mol. The van der Waals surface area contributed by atoms with Gasteiger partial charge in [0.15, 0.2) is 0 Å². The normalized spacial score (nSPS) is 27.8. The maximum atomic E-state index is 11.7.